The summed E-state index contributed by atoms with van der Waals surface area (Å²) in [6, 6.07) is 2.17. The zero-order valence-corrected chi connectivity index (χ0v) is 9.21. The van der Waals surface area contributed by atoms with Crippen molar-refractivity contribution in [3.63, 3.8) is 0 Å². The fourth-order valence-corrected chi connectivity index (χ4v) is 1.68. The molecule has 0 aliphatic heterocycles. The van der Waals surface area contributed by atoms with Gasteiger partial charge in [-0.15, -0.1) is 0 Å². The summed E-state index contributed by atoms with van der Waals surface area (Å²) < 4.78 is 0. The lowest BCUT2D eigenvalue weighted by Crippen LogP contribution is -2.16. The Morgan fingerprint density at radius 1 is 1.50 bits per heavy atom. The second-order valence-electron chi connectivity index (χ2n) is 4.56. The van der Waals surface area contributed by atoms with Gasteiger partial charge in [-0.2, -0.15) is 5.26 Å². The van der Waals surface area contributed by atoms with E-state index in [2.05, 4.69) is 31.8 Å². The highest BCUT2D eigenvalue weighted by atomic mass is 16.1. The molecule has 0 saturated heterocycles. The number of hydrogen-bond donors (Lipinski definition) is 0. The molecule has 3 heteroatoms. The van der Waals surface area contributed by atoms with Crippen LogP contribution in [0.25, 0.3) is 0 Å². The quantitative estimate of drug-likeness (QED) is 0.482. The Morgan fingerprint density at radius 2 is 2.14 bits per heavy atom. The van der Waals surface area contributed by atoms with Crippen LogP contribution < -0.4 is 0 Å². The number of nitrogens with zero attached hydrogens (tertiary/aromatic N) is 2. The smallest absolute Gasteiger partial charge is 0.211 e. The summed E-state index contributed by atoms with van der Waals surface area (Å²) in [5.41, 5.74) is 0.149. The van der Waals surface area contributed by atoms with Crippen molar-refractivity contribution in [1.29, 1.82) is 5.26 Å². The van der Waals surface area contributed by atoms with E-state index in [4.69, 9.17) is 5.26 Å². The predicted molar refractivity (Wildman–Crippen MR) is 55.4 cm³/mol. The van der Waals surface area contributed by atoms with E-state index < -0.39 is 0 Å². The van der Waals surface area contributed by atoms with Crippen molar-refractivity contribution in [3.05, 3.63) is 0 Å². The highest BCUT2D eigenvalue weighted by Gasteiger charge is 2.20. The molecule has 1 atom stereocenters. The SMILES string of the molecule is CC(CC#N)CC(C)(C)CCN=C=O. The number of nitriles is 1. The Kier molecular flexibility index (Phi) is 5.83. The van der Waals surface area contributed by atoms with E-state index in [1.54, 1.807) is 6.08 Å². The first-order valence-corrected chi connectivity index (χ1v) is 4.92. The topological polar surface area (TPSA) is 53.2 Å². The lowest BCUT2D eigenvalue weighted by Gasteiger charge is -2.26. The minimum Gasteiger partial charge on any atom is -0.211 e. The van der Waals surface area contributed by atoms with Crippen LogP contribution in [0.15, 0.2) is 4.99 Å². The first-order valence-electron chi connectivity index (χ1n) is 4.92. The van der Waals surface area contributed by atoms with E-state index >= 15 is 0 Å². The Balaban J connectivity index is 3.93. The standard InChI is InChI=1S/C11H18N2O/c1-10(4-6-12)8-11(2,3)5-7-13-9-14/h10H,4-5,7-8H2,1-3H3. The summed E-state index contributed by atoms with van der Waals surface area (Å²) in [6.07, 6.45) is 4.01. The lowest BCUT2D eigenvalue weighted by atomic mass is 9.80. The van der Waals surface area contributed by atoms with Crippen molar-refractivity contribution in [2.45, 2.75) is 40.0 Å². The van der Waals surface area contributed by atoms with Crippen LogP contribution in [0, 0.1) is 22.7 Å². The zero-order valence-electron chi connectivity index (χ0n) is 9.21. The number of aliphatic imine (C=N–C) groups is 1. The third-order valence-corrected chi connectivity index (χ3v) is 2.31. The van der Waals surface area contributed by atoms with Gasteiger partial charge in [0.05, 0.1) is 12.6 Å². The van der Waals surface area contributed by atoms with E-state index in [9.17, 15) is 4.79 Å². The fraction of sp³-hybridized carbons (Fsp3) is 0.818. The van der Waals surface area contributed by atoms with Gasteiger partial charge in [0.2, 0.25) is 6.08 Å². The Bertz CT molecular complexity index is 247. The van der Waals surface area contributed by atoms with Crippen LogP contribution in [-0.4, -0.2) is 12.6 Å². The number of hydrogen-bond acceptors (Lipinski definition) is 3. The monoisotopic (exact) mass is 194 g/mol. The molecule has 0 rings (SSSR count). The van der Waals surface area contributed by atoms with Crippen LogP contribution in [-0.2, 0) is 4.79 Å². The normalized spacial score (nSPS) is 12.7. The van der Waals surface area contributed by atoms with Crippen molar-refractivity contribution in [2.75, 3.05) is 6.54 Å². The van der Waals surface area contributed by atoms with E-state index in [1.165, 1.54) is 0 Å². The second-order valence-corrected chi connectivity index (χ2v) is 4.56. The molecule has 3 nitrogen and oxygen atoms in total. The third kappa shape index (κ3) is 6.39. The minimum absolute atomic E-state index is 0.149. The fourth-order valence-electron chi connectivity index (χ4n) is 1.68. The third-order valence-electron chi connectivity index (χ3n) is 2.31. The summed E-state index contributed by atoms with van der Waals surface area (Å²) in [4.78, 5) is 13.4. The van der Waals surface area contributed by atoms with Gasteiger partial charge in [0.1, 0.15) is 0 Å². The maximum Gasteiger partial charge on any atom is 0.234 e. The van der Waals surface area contributed by atoms with Crippen molar-refractivity contribution in [3.8, 4) is 6.07 Å². The average molecular weight is 194 g/mol. The van der Waals surface area contributed by atoms with Gasteiger partial charge in [-0.3, -0.25) is 0 Å². The molecule has 0 aromatic rings. The van der Waals surface area contributed by atoms with E-state index in [0.717, 1.165) is 12.8 Å². The van der Waals surface area contributed by atoms with E-state index in [-0.39, 0.29) is 5.41 Å². The van der Waals surface area contributed by atoms with Gasteiger partial charge < -0.3 is 0 Å². The molecule has 0 amide bonds. The van der Waals surface area contributed by atoms with E-state index in [0.29, 0.717) is 18.9 Å². The first-order chi connectivity index (χ1) is 6.52. The molecule has 0 bridgehead atoms. The van der Waals surface area contributed by atoms with Gasteiger partial charge in [0, 0.05) is 6.42 Å². The molecule has 0 heterocycles. The molecule has 0 aromatic carbocycles. The number of carbonyl (C=O) groups excluding carboxylic acids is 1. The maximum atomic E-state index is 9.88. The molecule has 78 valence electrons. The first kappa shape index (κ1) is 12.9. The average Bonchev–Trinajstić information content (AvgIpc) is 2.03. The van der Waals surface area contributed by atoms with Gasteiger partial charge in [-0.1, -0.05) is 20.8 Å². The summed E-state index contributed by atoms with van der Waals surface area (Å²) in [5, 5.41) is 8.53. The minimum atomic E-state index is 0.149. The van der Waals surface area contributed by atoms with Crippen LogP contribution >= 0.6 is 0 Å². The summed E-state index contributed by atoms with van der Waals surface area (Å²) in [6.45, 7) is 6.89. The predicted octanol–water partition coefficient (Wildman–Crippen LogP) is 2.68. The van der Waals surface area contributed by atoms with Crippen molar-refractivity contribution < 1.29 is 4.79 Å². The molecule has 0 N–H and O–H groups in total. The summed E-state index contributed by atoms with van der Waals surface area (Å²) in [5.74, 6) is 0.412. The molecular formula is C11H18N2O. The molecular weight excluding hydrogens is 176 g/mol. The molecule has 0 fully saturated rings. The maximum absolute atomic E-state index is 9.88. The van der Waals surface area contributed by atoms with Crippen LogP contribution in [0.3, 0.4) is 0 Å². The molecule has 0 aliphatic rings. The molecule has 0 radical (unpaired) electrons. The second kappa shape index (κ2) is 6.34. The highest BCUT2D eigenvalue weighted by Crippen LogP contribution is 2.30. The van der Waals surface area contributed by atoms with Crippen LogP contribution in [0.1, 0.15) is 40.0 Å². The lowest BCUT2D eigenvalue weighted by molar-refractivity contribution is 0.263. The molecule has 14 heavy (non-hydrogen) atoms. The van der Waals surface area contributed by atoms with Crippen molar-refractivity contribution in [2.24, 2.45) is 16.3 Å². The summed E-state index contributed by atoms with van der Waals surface area (Å²) >= 11 is 0. The molecule has 1 unspecified atom stereocenters. The molecule has 0 spiro atoms. The molecule has 0 aromatic heterocycles. The Morgan fingerprint density at radius 3 is 2.64 bits per heavy atom. The van der Waals surface area contributed by atoms with Gasteiger partial charge in [-0.25, -0.2) is 9.79 Å². The number of isocyanates is 1. The van der Waals surface area contributed by atoms with Crippen LogP contribution in [0.2, 0.25) is 0 Å². The van der Waals surface area contributed by atoms with Gasteiger partial charge in [-0.05, 0) is 24.2 Å². The Labute approximate surface area is 85.8 Å². The van der Waals surface area contributed by atoms with Crippen molar-refractivity contribution in [1.82, 2.24) is 0 Å². The zero-order chi connectivity index (χ0) is 11.0. The van der Waals surface area contributed by atoms with Crippen LogP contribution in [0.5, 0.6) is 0 Å². The molecule has 0 saturated carbocycles. The van der Waals surface area contributed by atoms with Gasteiger partial charge in [0.25, 0.3) is 0 Å². The Hall–Kier alpha value is -1.13. The largest absolute Gasteiger partial charge is 0.234 e. The van der Waals surface area contributed by atoms with Gasteiger partial charge >= 0.3 is 0 Å². The molecule has 0 aliphatic carbocycles. The van der Waals surface area contributed by atoms with Gasteiger partial charge in [0.15, 0.2) is 0 Å². The summed E-state index contributed by atoms with van der Waals surface area (Å²) in [7, 11) is 0. The number of rotatable bonds is 6. The van der Waals surface area contributed by atoms with Crippen LogP contribution in [0.4, 0.5) is 0 Å². The highest BCUT2D eigenvalue weighted by molar-refractivity contribution is 5.32. The van der Waals surface area contributed by atoms with E-state index in [1.807, 2.05) is 0 Å². The van der Waals surface area contributed by atoms with Crippen molar-refractivity contribution >= 4 is 6.08 Å².